The average molecular weight is 340 g/mol. The topological polar surface area (TPSA) is 43.1 Å². The minimum absolute atomic E-state index is 0.256. The molecule has 0 saturated heterocycles. The lowest BCUT2D eigenvalue weighted by Gasteiger charge is -2.05. The summed E-state index contributed by atoms with van der Waals surface area (Å²) in [6.07, 6.45) is 7.31. The van der Waals surface area contributed by atoms with Gasteiger partial charge in [-0.05, 0) is 35.4 Å². The highest BCUT2D eigenvalue weighted by Crippen LogP contribution is 2.30. The Balaban J connectivity index is 1.67. The van der Waals surface area contributed by atoms with E-state index in [1.165, 1.54) is 12.1 Å². The van der Waals surface area contributed by atoms with Gasteiger partial charge < -0.3 is 0 Å². The molecule has 0 atom stereocenters. The smallest absolute Gasteiger partial charge is 0.162 e. The van der Waals surface area contributed by atoms with Crippen molar-refractivity contribution in [3.8, 4) is 22.3 Å². The summed E-state index contributed by atoms with van der Waals surface area (Å²) in [7, 11) is 0. The second-order valence-electron chi connectivity index (χ2n) is 6.05. The van der Waals surface area contributed by atoms with E-state index >= 15 is 0 Å². The third-order valence-corrected chi connectivity index (χ3v) is 4.47. The van der Waals surface area contributed by atoms with Gasteiger partial charge in [-0.25, -0.2) is 13.9 Å². The molecule has 0 spiro atoms. The third kappa shape index (κ3) is 2.33. The first-order chi connectivity index (χ1) is 12.8. The van der Waals surface area contributed by atoms with Gasteiger partial charge in [0.05, 0.1) is 11.7 Å². The first-order valence-electron chi connectivity index (χ1n) is 8.23. The predicted molar refractivity (Wildman–Crippen MR) is 99.1 cm³/mol. The fraction of sp³-hybridized carbons (Fsp3) is 0. The highest BCUT2D eigenvalue weighted by molar-refractivity contribution is 5.97. The Bertz CT molecular complexity index is 1240. The van der Waals surface area contributed by atoms with E-state index in [2.05, 4.69) is 15.1 Å². The van der Waals surface area contributed by atoms with Crippen molar-refractivity contribution in [1.29, 1.82) is 0 Å². The Morgan fingerprint density at radius 2 is 1.62 bits per heavy atom. The molecule has 4 nitrogen and oxygen atoms in total. The quantitative estimate of drug-likeness (QED) is 0.466. The van der Waals surface area contributed by atoms with Gasteiger partial charge in [-0.2, -0.15) is 5.10 Å². The molecule has 5 aromatic rings. The van der Waals surface area contributed by atoms with Gasteiger partial charge in [0.25, 0.3) is 0 Å². The van der Waals surface area contributed by atoms with Gasteiger partial charge in [-0.15, -0.1) is 0 Å². The number of hydrogen-bond donors (Lipinski definition) is 0. The summed E-state index contributed by atoms with van der Waals surface area (Å²) < 4.78 is 14.9. The zero-order valence-corrected chi connectivity index (χ0v) is 13.7. The van der Waals surface area contributed by atoms with Crippen LogP contribution in [0.25, 0.3) is 38.8 Å². The number of halogens is 1. The lowest BCUT2D eigenvalue weighted by Crippen LogP contribution is -1.92. The zero-order chi connectivity index (χ0) is 17.5. The summed E-state index contributed by atoms with van der Waals surface area (Å²) in [6, 6.07) is 16.3. The summed E-state index contributed by atoms with van der Waals surface area (Å²) in [4.78, 5) is 9.02. The number of rotatable bonds is 2. The summed E-state index contributed by atoms with van der Waals surface area (Å²) >= 11 is 0. The van der Waals surface area contributed by atoms with E-state index in [9.17, 15) is 4.39 Å². The van der Waals surface area contributed by atoms with Crippen LogP contribution >= 0.6 is 0 Å². The molecule has 26 heavy (non-hydrogen) atoms. The number of fused-ring (bicyclic) bond motifs is 2. The van der Waals surface area contributed by atoms with Crippen molar-refractivity contribution in [2.45, 2.75) is 0 Å². The molecule has 0 aliphatic carbocycles. The second kappa shape index (κ2) is 5.74. The first-order valence-corrected chi connectivity index (χ1v) is 8.23. The van der Waals surface area contributed by atoms with E-state index < -0.39 is 0 Å². The third-order valence-electron chi connectivity index (χ3n) is 4.47. The van der Waals surface area contributed by atoms with Gasteiger partial charge in [0, 0.05) is 35.1 Å². The molecule has 0 aliphatic heterocycles. The standard InChI is InChI=1S/C21H13FN4/c22-16-7-5-14(6-8-16)15-11-24-21-19(12-25-26(21)13-15)17-9-10-23-20-4-2-1-3-18(17)20/h1-13H. The minimum Gasteiger partial charge on any atom is -0.256 e. The summed E-state index contributed by atoms with van der Waals surface area (Å²) in [5, 5.41) is 5.53. The Morgan fingerprint density at radius 1 is 0.769 bits per heavy atom. The van der Waals surface area contributed by atoms with E-state index in [-0.39, 0.29) is 5.82 Å². The van der Waals surface area contributed by atoms with Crippen molar-refractivity contribution in [3.05, 3.63) is 85.2 Å². The number of hydrogen-bond acceptors (Lipinski definition) is 3. The average Bonchev–Trinajstić information content (AvgIpc) is 3.11. The SMILES string of the molecule is Fc1ccc(-c2cnc3c(-c4ccnc5ccccc45)cnn3c2)cc1. The van der Waals surface area contributed by atoms with Crippen LogP contribution < -0.4 is 0 Å². The number of pyridine rings is 1. The molecular weight excluding hydrogens is 327 g/mol. The van der Waals surface area contributed by atoms with Crippen LogP contribution in [0.3, 0.4) is 0 Å². The van der Waals surface area contributed by atoms with E-state index in [1.54, 1.807) is 29.0 Å². The van der Waals surface area contributed by atoms with Crippen molar-refractivity contribution in [2.24, 2.45) is 0 Å². The van der Waals surface area contributed by atoms with Crippen molar-refractivity contribution in [2.75, 3.05) is 0 Å². The van der Waals surface area contributed by atoms with Crippen molar-refractivity contribution in [1.82, 2.24) is 19.6 Å². The monoisotopic (exact) mass is 340 g/mol. The van der Waals surface area contributed by atoms with Gasteiger partial charge in [0.1, 0.15) is 5.82 Å². The molecule has 0 aliphatic rings. The van der Waals surface area contributed by atoms with E-state index in [0.29, 0.717) is 0 Å². The Hall–Kier alpha value is -3.60. The summed E-state index contributed by atoms with van der Waals surface area (Å²) in [5.41, 5.74) is 5.49. The van der Waals surface area contributed by atoms with Crippen LogP contribution in [0.2, 0.25) is 0 Å². The zero-order valence-electron chi connectivity index (χ0n) is 13.7. The first kappa shape index (κ1) is 14.7. The molecule has 3 heterocycles. The van der Waals surface area contributed by atoms with Gasteiger partial charge in [-0.3, -0.25) is 4.98 Å². The molecule has 0 bridgehead atoms. The van der Waals surface area contributed by atoms with Crippen LogP contribution in [0.5, 0.6) is 0 Å². The largest absolute Gasteiger partial charge is 0.256 e. The van der Waals surface area contributed by atoms with E-state index in [0.717, 1.165) is 38.8 Å². The van der Waals surface area contributed by atoms with Gasteiger partial charge in [0.2, 0.25) is 0 Å². The Labute approximate surface area is 148 Å². The molecule has 0 amide bonds. The van der Waals surface area contributed by atoms with Gasteiger partial charge in [-0.1, -0.05) is 30.3 Å². The molecular formula is C21H13FN4. The summed E-state index contributed by atoms with van der Waals surface area (Å²) in [5.74, 6) is -0.256. The molecule has 124 valence electrons. The highest BCUT2D eigenvalue weighted by atomic mass is 19.1. The van der Waals surface area contributed by atoms with Crippen molar-refractivity contribution in [3.63, 3.8) is 0 Å². The number of aromatic nitrogens is 4. The van der Waals surface area contributed by atoms with Crippen LogP contribution in [-0.2, 0) is 0 Å². The summed E-state index contributed by atoms with van der Waals surface area (Å²) in [6.45, 7) is 0. The van der Waals surface area contributed by atoms with Crippen LogP contribution in [0.15, 0.2) is 79.4 Å². The normalized spacial score (nSPS) is 11.3. The van der Waals surface area contributed by atoms with Gasteiger partial charge in [0.15, 0.2) is 5.65 Å². The molecule has 0 radical (unpaired) electrons. The predicted octanol–water partition coefficient (Wildman–Crippen LogP) is 4.75. The van der Waals surface area contributed by atoms with Crippen LogP contribution in [0, 0.1) is 5.82 Å². The second-order valence-corrected chi connectivity index (χ2v) is 6.05. The lowest BCUT2D eigenvalue weighted by atomic mass is 10.0. The van der Waals surface area contributed by atoms with Crippen LogP contribution in [0.4, 0.5) is 4.39 Å². The number of nitrogens with zero attached hydrogens (tertiary/aromatic N) is 4. The lowest BCUT2D eigenvalue weighted by molar-refractivity contribution is 0.628. The molecule has 5 rings (SSSR count). The molecule has 0 unspecified atom stereocenters. The maximum Gasteiger partial charge on any atom is 0.162 e. The fourth-order valence-electron chi connectivity index (χ4n) is 3.19. The van der Waals surface area contributed by atoms with E-state index in [1.807, 2.05) is 42.7 Å². The van der Waals surface area contributed by atoms with Crippen LogP contribution in [0.1, 0.15) is 0 Å². The molecule has 0 fully saturated rings. The molecule has 3 aromatic heterocycles. The molecule has 5 heteroatoms. The van der Waals surface area contributed by atoms with Crippen LogP contribution in [-0.4, -0.2) is 19.6 Å². The Kier molecular flexibility index (Phi) is 3.25. The van der Waals surface area contributed by atoms with Gasteiger partial charge >= 0.3 is 0 Å². The minimum atomic E-state index is -0.256. The maximum atomic E-state index is 13.1. The highest BCUT2D eigenvalue weighted by Gasteiger charge is 2.12. The van der Waals surface area contributed by atoms with E-state index in [4.69, 9.17) is 0 Å². The number of para-hydroxylation sites is 1. The van der Waals surface area contributed by atoms with Crippen molar-refractivity contribution < 1.29 is 4.39 Å². The Morgan fingerprint density at radius 3 is 2.50 bits per heavy atom. The molecule has 0 saturated carbocycles. The fourth-order valence-corrected chi connectivity index (χ4v) is 3.19. The maximum absolute atomic E-state index is 13.1. The van der Waals surface area contributed by atoms with Crippen molar-refractivity contribution >= 4 is 16.6 Å². The number of benzene rings is 2. The molecule has 0 N–H and O–H groups in total. The molecule has 2 aromatic carbocycles.